The molecule has 25 heavy (non-hydrogen) atoms. The van der Waals surface area contributed by atoms with Crippen LogP contribution in [0.3, 0.4) is 0 Å². The monoisotopic (exact) mass is 337 g/mol. The van der Waals surface area contributed by atoms with E-state index in [9.17, 15) is 0 Å². The van der Waals surface area contributed by atoms with Crippen molar-refractivity contribution in [2.75, 3.05) is 13.2 Å². The van der Waals surface area contributed by atoms with E-state index < -0.39 is 0 Å². The molecule has 1 aliphatic carbocycles. The molecule has 0 radical (unpaired) electrons. The number of ether oxygens (including phenoxy) is 2. The Morgan fingerprint density at radius 3 is 2.68 bits per heavy atom. The molecule has 3 heterocycles. The molecule has 7 heteroatoms. The number of aromatic nitrogens is 5. The van der Waals surface area contributed by atoms with E-state index in [1.807, 2.05) is 58.3 Å². The first kappa shape index (κ1) is 14.8. The van der Waals surface area contributed by atoms with Gasteiger partial charge in [0.05, 0.1) is 37.3 Å². The van der Waals surface area contributed by atoms with Crippen molar-refractivity contribution in [3.63, 3.8) is 0 Å². The van der Waals surface area contributed by atoms with Gasteiger partial charge in [-0.05, 0) is 12.1 Å². The summed E-state index contributed by atoms with van der Waals surface area (Å²) in [6.07, 6.45) is 7.66. The van der Waals surface area contributed by atoms with Crippen molar-refractivity contribution >= 4 is 0 Å². The number of hydrogen-bond acceptors (Lipinski definition) is 5. The smallest absolute Gasteiger partial charge is 0.169 e. The van der Waals surface area contributed by atoms with Gasteiger partial charge in [-0.3, -0.25) is 0 Å². The fourth-order valence-corrected chi connectivity index (χ4v) is 3.56. The predicted octanol–water partition coefficient (Wildman–Crippen LogP) is 2.13. The first-order valence-corrected chi connectivity index (χ1v) is 8.57. The first-order valence-electron chi connectivity index (χ1n) is 8.57. The Hall–Kier alpha value is -2.51. The van der Waals surface area contributed by atoms with Crippen molar-refractivity contribution in [2.45, 2.75) is 31.1 Å². The molecule has 2 aromatic heterocycles. The fraction of sp³-hybridized carbons (Fsp3) is 0.389. The van der Waals surface area contributed by atoms with Crippen molar-refractivity contribution in [3.05, 3.63) is 60.2 Å². The van der Waals surface area contributed by atoms with Crippen LogP contribution >= 0.6 is 0 Å². The van der Waals surface area contributed by atoms with Crippen LogP contribution < -0.4 is 0 Å². The number of rotatable bonds is 4. The Kier molecular flexibility index (Phi) is 3.43. The highest BCUT2D eigenvalue weighted by molar-refractivity contribution is 5.30. The van der Waals surface area contributed by atoms with E-state index in [-0.39, 0.29) is 5.79 Å². The van der Waals surface area contributed by atoms with Gasteiger partial charge in [-0.25, -0.2) is 9.36 Å². The lowest BCUT2D eigenvalue weighted by molar-refractivity contribution is -0.216. The minimum Gasteiger partial charge on any atom is -0.347 e. The minimum absolute atomic E-state index is 0.342. The minimum atomic E-state index is -0.342. The molecule has 2 fully saturated rings. The molecule has 0 bridgehead atoms. The van der Waals surface area contributed by atoms with Gasteiger partial charge in [-0.15, -0.1) is 5.10 Å². The highest BCUT2D eigenvalue weighted by atomic mass is 16.7. The molecule has 0 atom stereocenters. The zero-order valence-electron chi connectivity index (χ0n) is 13.8. The van der Waals surface area contributed by atoms with E-state index in [0.29, 0.717) is 25.7 Å². The van der Waals surface area contributed by atoms with Crippen LogP contribution in [0.15, 0.2) is 48.9 Å². The van der Waals surface area contributed by atoms with Crippen LogP contribution in [0.4, 0.5) is 0 Å². The maximum atomic E-state index is 5.69. The molecular weight excluding hydrogens is 318 g/mol. The van der Waals surface area contributed by atoms with E-state index in [1.54, 1.807) is 0 Å². The Morgan fingerprint density at radius 2 is 1.88 bits per heavy atom. The summed E-state index contributed by atoms with van der Waals surface area (Å²) in [4.78, 5) is 0. The van der Waals surface area contributed by atoms with Crippen LogP contribution in [0.2, 0.25) is 0 Å². The van der Waals surface area contributed by atoms with E-state index in [4.69, 9.17) is 9.47 Å². The highest BCUT2D eigenvalue weighted by Crippen LogP contribution is 2.48. The van der Waals surface area contributed by atoms with Crippen LogP contribution in [0.5, 0.6) is 0 Å². The molecular formula is C18H19N5O2. The second-order valence-electron chi connectivity index (χ2n) is 6.68. The summed E-state index contributed by atoms with van der Waals surface area (Å²) in [5, 5.41) is 13.0. The average molecular weight is 337 g/mol. The van der Waals surface area contributed by atoms with Gasteiger partial charge in [0.15, 0.2) is 5.79 Å². The number of benzene rings is 1. The summed E-state index contributed by atoms with van der Waals surface area (Å²) in [6.45, 7) is 2.06. The molecule has 1 aromatic carbocycles. The molecule has 1 aliphatic heterocycles. The third-order valence-corrected chi connectivity index (χ3v) is 4.90. The SMILES string of the molecule is c1ccc(-n2cc(Cn3cc(C4CC5(C4)OCCO5)nn3)cn2)cc1. The van der Waals surface area contributed by atoms with Crippen LogP contribution in [0.25, 0.3) is 5.69 Å². The summed E-state index contributed by atoms with van der Waals surface area (Å²) in [7, 11) is 0. The van der Waals surface area contributed by atoms with Gasteiger partial charge >= 0.3 is 0 Å². The summed E-state index contributed by atoms with van der Waals surface area (Å²) in [5.41, 5.74) is 3.15. The molecule has 3 aromatic rings. The van der Waals surface area contributed by atoms with Gasteiger partial charge < -0.3 is 9.47 Å². The molecule has 1 saturated carbocycles. The van der Waals surface area contributed by atoms with Crippen molar-refractivity contribution in [1.29, 1.82) is 0 Å². The maximum Gasteiger partial charge on any atom is 0.169 e. The van der Waals surface area contributed by atoms with Gasteiger partial charge in [0.1, 0.15) is 0 Å². The third kappa shape index (κ3) is 2.75. The number of nitrogens with zero attached hydrogens (tertiary/aromatic N) is 5. The fourth-order valence-electron chi connectivity index (χ4n) is 3.56. The summed E-state index contributed by atoms with van der Waals surface area (Å²) in [5.74, 6) is 0.0320. The summed E-state index contributed by atoms with van der Waals surface area (Å²) in [6, 6.07) is 10.1. The van der Waals surface area contributed by atoms with Crippen LogP contribution in [0.1, 0.15) is 30.0 Å². The standard InChI is InChI=1S/C18H19N5O2/c1-2-4-16(5-3-1)23-12-14(10-19-23)11-22-13-17(20-21-22)15-8-18(9-15)24-6-7-25-18/h1-5,10,12-13,15H,6-9,11H2. The molecule has 0 amide bonds. The van der Waals surface area contributed by atoms with Crippen LogP contribution in [-0.2, 0) is 16.0 Å². The van der Waals surface area contributed by atoms with Gasteiger partial charge in [0.2, 0.25) is 0 Å². The van der Waals surface area contributed by atoms with Crippen LogP contribution in [-0.4, -0.2) is 43.8 Å². The second-order valence-corrected chi connectivity index (χ2v) is 6.68. The molecule has 128 valence electrons. The average Bonchev–Trinajstić information content (AvgIpc) is 3.35. The lowest BCUT2D eigenvalue weighted by Gasteiger charge is -2.41. The lowest BCUT2D eigenvalue weighted by atomic mass is 9.77. The van der Waals surface area contributed by atoms with Gasteiger partial charge in [-0.2, -0.15) is 5.10 Å². The van der Waals surface area contributed by atoms with Crippen LogP contribution in [0, 0.1) is 0 Å². The maximum absolute atomic E-state index is 5.69. The van der Waals surface area contributed by atoms with Gasteiger partial charge in [-0.1, -0.05) is 23.4 Å². The molecule has 7 nitrogen and oxygen atoms in total. The summed E-state index contributed by atoms with van der Waals surface area (Å²) < 4.78 is 15.1. The Labute approximate surface area is 145 Å². The topological polar surface area (TPSA) is 67.0 Å². The number of para-hydroxylation sites is 1. The molecule has 0 unspecified atom stereocenters. The number of hydrogen-bond donors (Lipinski definition) is 0. The van der Waals surface area contributed by atoms with E-state index in [1.165, 1.54) is 0 Å². The zero-order chi connectivity index (χ0) is 16.7. The van der Waals surface area contributed by atoms with E-state index >= 15 is 0 Å². The zero-order valence-corrected chi connectivity index (χ0v) is 13.8. The largest absolute Gasteiger partial charge is 0.347 e. The molecule has 1 spiro atoms. The highest BCUT2D eigenvalue weighted by Gasteiger charge is 2.50. The Bertz CT molecular complexity index is 858. The second kappa shape index (κ2) is 5.79. The lowest BCUT2D eigenvalue weighted by Crippen LogP contribution is -2.43. The van der Waals surface area contributed by atoms with E-state index in [2.05, 4.69) is 15.4 Å². The van der Waals surface area contributed by atoms with Gasteiger partial charge in [0.25, 0.3) is 0 Å². The normalized spacial score (nSPS) is 19.4. The quantitative estimate of drug-likeness (QED) is 0.730. The molecule has 1 saturated heterocycles. The molecule has 0 N–H and O–H groups in total. The summed E-state index contributed by atoms with van der Waals surface area (Å²) >= 11 is 0. The first-order chi connectivity index (χ1) is 12.3. The van der Waals surface area contributed by atoms with Crippen molar-refractivity contribution in [2.24, 2.45) is 0 Å². The Balaban J connectivity index is 1.25. The van der Waals surface area contributed by atoms with Crippen molar-refractivity contribution in [1.82, 2.24) is 24.8 Å². The van der Waals surface area contributed by atoms with Crippen molar-refractivity contribution in [3.8, 4) is 5.69 Å². The predicted molar refractivity (Wildman–Crippen MR) is 89.3 cm³/mol. The van der Waals surface area contributed by atoms with Gasteiger partial charge in [0, 0.05) is 36.7 Å². The third-order valence-electron chi connectivity index (χ3n) is 4.90. The van der Waals surface area contributed by atoms with E-state index in [0.717, 1.165) is 29.8 Å². The molecule has 5 rings (SSSR count). The molecule has 2 aliphatic rings. The van der Waals surface area contributed by atoms with Crippen molar-refractivity contribution < 1.29 is 9.47 Å². The Morgan fingerprint density at radius 1 is 1.08 bits per heavy atom.